The van der Waals surface area contributed by atoms with Gasteiger partial charge in [-0.05, 0) is 36.2 Å². The number of amides is 1. The molecule has 1 amide bonds. The van der Waals surface area contributed by atoms with Crippen LogP contribution in [0.4, 0.5) is 0 Å². The molecule has 0 saturated carbocycles. The summed E-state index contributed by atoms with van der Waals surface area (Å²) in [5.74, 6) is -0.972. The van der Waals surface area contributed by atoms with Gasteiger partial charge in [0.2, 0.25) is 5.91 Å². The Balaban J connectivity index is 2.05. The monoisotopic (exact) mass is 403 g/mol. The second kappa shape index (κ2) is 8.15. The van der Waals surface area contributed by atoms with Gasteiger partial charge in [0.05, 0.1) is 19.2 Å². The Kier molecular flexibility index (Phi) is 5.88. The summed E-state index contributed by atoms with van der Waals surface area (Å²) in [5.41, 5.74) is 2.65. The Morgan fingerprint density at radius 2 is 1.93 bits per heavy atom. The van der Waals surface area contributed by atoms with Crippen LogP contribution in [-0.2, 0) is 20.9 Å². The fourth-order valence-electron chi connectivity index (χ4n) is 3.42. The third-order valence-electron chi connectivity index (χ3n) is 4.74. The molecule has 0 radical (unpaired) electrons. The number of carbonyl (C=O) groups excluding carboxylic acids is 2. The molecule has 3 rings (SSSR count). The highest BCUT2D eigenvalue weighted by atomic mass is 35.5. The summed E-state index contributed by atoms with van der Waals surface area (Å²) >= 11 is 12.4. The van der Waals surface area contributed by atoms with Gasteiger partial charge >= 0.3 is 5.97 Å². The van der Waals surface area contributed by atoms with Crippen LogP contribution in [0, 0.1) is 0 Å². The highest BCUT2D eigenvalue weighted by molar-refractivity contribution is 6.31. The molecule has 0 N–H and O–H groups in total. The molecule has 2 aromatic rings. The Morgan fingerprint density at radius 1 is 1.19 bits per heavy atom. The van der Waals surface area contributed by atoms with E-state index in [4.69, 9.17) is 27.9 Å². The van der Waals surface area contributed by atoms with Crippen LogP contribution >= 0.6 is 23.2 Å². The zero-order chi connectivity index (χ0) is 19.6. The van der Waals surface area contributed by atoms with Gasteiger partial charge in [0.1, 0.15) is 0 Å². The van der Waals surface area contributed by atoms with E-state index in [9.17, 15) is 9.59 Å². The molecule has 27 heavy (non-hydrogen) atoms. The average Bonchev–Trinajstić information content (AvgIpc) is 2.64. The third kappa shape index (κ3) is 4.02. The SMILES string of the molecule is COC(=O)C1=C(C)N(Cc2cccc(Cl)c2)C(=O)C[C@H]1c1ccccc1Cl. The minimum absolute atomic E-state index is 0.0787. The van der Waals surface area contributed by atoms with E-state index in [2.05, 4.69) is 0 Å². The van der Waals surface area contributed by atoms with E-state index in [1.165, 1.54) is 7.11 Å². The van der Waals surface area contributed by atoms with Crippen LogP contribution in [0.15, 0.2) is 59.8 Å². The summed E-state index contributed by atoms with van der Waals surface area (Å²) in [6, 6.07) is 14.6. The van der Waals surface area contributed by atoms with E-state index in [0.29, 0.717) is 27.9 Å². The summed E-state index contributed by atoms with van der Waals surface area (Å²) in [5, 5.41) is 1.12. The first-order valence-corrected chi connectivity index (χ1v) is 9.26. The first-order chi connectivity index (χ1) is 12.9. The third-order valence-corrected chi connectivity index (χ3v) is 5.32. The van der Waals surface area contributed by atoms with Gasteiger partial charge in [-0.1, -0.05) is 53.5 Å². The second-order valence-electron chi connectivity index (χ2n) is 6.38. The predicted octanol–water partition coefficient (Wildman–Crippen LogP) is 4.96. The lowest BCUT2D eigenvalue weighted by molar-refractivity contribution is -0.138. The maximum absolute atomic E-state index is 12.9. The van der Waals surface area contributed by atoms with Gasteiger partial charge in [0.15, 0.2) is 0 Å². The molecular formula is C21H19Cl2NO3. The number of carbonyl (C=O) groups is 2. The largest absolute Gasteiger partial charge is 0.466 e. The highest BCUT2D eigenvalue weighted by Gasteiger charge is 2.37. The fourth-order valence-corrected chi connectivity index (χ4v) is 3.90. The molecule has 0 bridgehead atoms. The van der Waals surface area contributed by atoms with Crippen molar-refractivity contribution in [3.05, 3.63) is 81.0 Å². The molecule has 0 aromatic heterocycles. The molecule has 0 unspecified atom stereocenters. The molecule has 1 aliphatic heterocycles. The van der Waals surface area contributed by atoms with Gasteiger partial charge in [-0.2, -0.15) is 0 Å². The first kappa shape index (κ1) is 19.5. The first-order valence-electron chi connectivity index (χ1n) is 8.50. The lowest BCUT2D eigenvalue weighted by Gasteiger charge is -2.34. The summed E-state index contributed by atoms with van der Waals surface area (Å²) < 4.78 is 5.01. The summed E-state index contributed by atoms with van der Waals surface area (Å²) in [7, 11) is 1.34. The zero-order valence-corrected chi connectivity index (χ0v) is 16.6. The molecule has 4 nitrogen and oxygen atoms in total. The molecule has 2 aromatic carbocycles. The van der Waals surface area contributed by atoms with Crippen LogP contribution in [0.3, 0.4) is 0 Å². The van der Waals surface area contributed by atoms with E-state index in [1.54, 1.807) is 30.0 Å². The molecule has 0 spiro atoms. The van der Waals surface area contributed by atoms with Gasteiger partial charge < -0.3 is 9.64 Å². The van der Waals surface area contributed by atoms with E-state index in [0.717, 1.165) is 11.1 Å². The lowest BCUT2D eigenvalue weighted by atomic mass is 9.83. The van der Waals surface area contributed by atoms with Gasteiger partial charge in [-0.3, -0.25) is 4.79 Å². The molecule has 0 aliphatic carbocycles. The van der Waals surface area contributed by atoms with Crippen molar-refractivity contribution in [2.75, 3.05) is 7.11 Å². The van der Waals surface area contributed by atoms with Crippen molar-refractivity contribution in [1.29, 1.82) is 0 Å². The number of hydrogen-bond donors (Lipinski definition) is 0. The van der Waals surface area contributed by atoms with Crippen molar-refractivity contribution in [3.63, 3.8) is 0 Å². The number of ether oxygens (including phenoxy) is 1. The van der Waals surface area contributed by atoms with Crippen LogP contribution in [0.1, 0.15) is 30.4 Å². The quantitative estimate of drug-likeness (QED) is 0.677. The molecule has 1 heterocycles. The van der Waals surface area contributed by atoms with Crippen LogP contribution < -0.4 is 0 Å². The number of hydrogen-bond acceptors (Lipinski definition) is 3. The summed E-state index contributed by atoms with van der Waals surface area (Å²) in [6.07, 6.45) is 0.145. The van der Waals surface area contributed by atoms with E-state index >= 15 is 0 Å². The maximum Gasteiger partial charge on any atom is 0.336 e. The standard InChI is InChI=1S/C21H19Cl2NO3/c1-13-20(21(26)27-2)17(16-8-3-4-9-18(16)23)11-19(25)24(13)12-14-6-5-7-15(22)10-14/h3-10,17H,11-12H2,1-2H3/t17-/m0/s1. The fraction of sp³-hybridized carbons (Fsp3) is 0.238. The van der Waals surface area contributed by atoms with Crippen LogP contribution in [0.25, 0.3) is 0 Å². The highest BCUT2D eigenvalue weighted by Crippen LogP contribution is 2.40. The Morgan fingerprint density at radius 3 is 2.59 bits per heavy atom. The number of methoxy groups -OCH3 is 1. The van der Waals surface area contributed by atoms with Gasteiger partial charge in [0, 0.05) is 28.1 Å². The summed E-state index contributed by atoms with van der Waals surface area (Å²) in [6.45, 7) is 2.10. The molecule has 140 valence electrons. The van der Waals surface area contributed by atoms with Crippen molar-refractivity contribution in [2.45, 2.75) is 25.8 Å². The zero-order valence-electron chi connectivity index (χ0n) is 15.0. The minimum atomic E-state index is -0.457. The van der Waals surface area contributed by atoms with Crippen molar-refractivity contribution >= 4 is 35.1 Å². The number of allylic oxidation sites excluding steroid dienone is 1. The number of nitrogens with zero attached hydrogens (tertiary/aromatic N) is 1. The predicted molar refractivity (Wildman–Crippen MR) is 106 cm³/mol. The van der Waals surface area contributed by atoms with Crippen molar-refractivity contribution < 1.29 is 14.3 Å². The van der Waals surface area contributed by atoms with Gasteiger partial charge in [-0.25, -0.2) is 4.79 Å². The van der Waals surface area contributed by atoms with Crippen molar-refractivity contribution in [2.24, 2.45) is 0 Å². The molecule has 0 fully saturated rings. The minimum Gasteiger partial charge on any atom is -0.466 e. The topological polar surface area (TPSA) is 46.6 Å². The van der Waals surface area contributed by atoms with Gasteiger partial charge in [0.25, 0.3) is 0 Å². The Bertz CT molecular complexity index is 923. The number of benzene rings is 2. The van der Waals surface area contributed by atoms with Crippen LogP contribution in [0.5, 0.6) is 0 Å². The van der Waals surface area contributed by atoms with Crippen molar-refractivity contribution in [1.82, 2.24) is 4.90 Å². The van der Waals surface area contributed by atoms with Crippen molar-refractivity contribution in [3.8, 4) is 0 Å². The van der Waals surface area contributed by atoms with Crippen LogP contribution in [0.2, 0.25) is 10.0 Å². The Hall–Kier alpha value is -2.30. The molecule has 1 atom stereocenters. The molecule has 1 aliphatic rings. The molecule has 0 saturated heterocycles. The normalized spacial score (nSPS) is 17.3. The lowest BCUT2D eigenvalue weighted by Crippen LogP contribution is -2.38. The van der Waals surface area contributed by atoms with Gasteiger partial charge in [-0.15, -0.1) is 0 Å². The Labute approximate surface area is 168 Å². The second-order valence-corrected chi connectivity index (χ2v) is 7.22. The maximum atomic E-state index is 12.9. The van der Waals surface area contributed by atoms with Crippen LogP contribution in [-0.4, -0.2) is 23.9 Å². The van der Waals surface area contributed by atoms with E-state index in [1.807, 2.05) is 30.3 Å². The smallest absolute Gasteiger partial charge is 0.336 e. The summed E-state index contributed by atoms with van der Waals surface area (Å²) in [4.78, 5) is 27.1. The number of rotatable bonds is 4. The molecular weight excluding hydrogens is 385 g/mol. The number of esters is 1. The average molecular weight is 404 g/mol. The molecule has 6 heteroatoms. The van der Waals surface area contributed by atoms with E-state index < -0.39 is 11.9 Å². The van der Waals surface area contributed by atoms with E-state index in [-0.39, 0.29) is 12.3 Å². The number of halogens is 2.